The standard InChI is InChI=1S/C15H23N3O2S/c1-21(19,20)18-10-13(11-18)9-17-8-12(7-16)6-14-4-2-3-5-15(14)17/h2-5,12-13H,6-11,16H2,1H3. The van der Waals surface area contributed by atoms with Gasteiger partial charge < -0.3 is 10.6 Å². The highest BCUT2D eigenvalue weighted by Crippen LogP contribution is 2.31. The number of sulfonamides is 1. The molecule has 2 heterocycles. The number of nitrogens with two attached hydrogens (primary N) is 1. The van der Waals surface area contributed by atoms with Crippen molar-refractivity contribution in [3.8, 4) is 0 Å². The van der Waals surface area contributed by atoms with Gasteiger partial charge in [-0.25, -0.2) is 12.7 Å². The van der Waals surface area contributed by atoms with Crippen LogP contribution >= 0.6 is 0 Å². The van der Waals surface area contributed by atoms with Gasteiger partial charge in [0.2, 0.25) is 10.0 Å². The maximum atomic E-state index is 11.4. The largest absolute Gasteiger partial charge is 0.371 e. The SMILES string of the molecule is CS(=O)(=O)N1CC(CN2CC(CN)Cc3ccccc32)C1. The van der Waals surface area contributed by atoms with E-state index in [2.05, 4.69) is 29.2 Å². The van der Waals surface area contributed by atoms with E-state index >= 15 is 0 Å². The van der Waals surface area contributed by atoms with Crippen LogP contribution in [0.25, 0.3) is 0 Å². The summed E-state index contributed by atoms with van der Waals surface area (Å²) in [5, 5.41) is 0. The fourth-order valence-corrected chi connectivity index (χ4v) is 4.29. The highest BCUT2D eigenvalue weighted by atomic mass is 32.2. The summed E-state index contributed by atoms with van der Waals surface area (Å²) >= 11 is 0. The molecule has 0 amide bonds. The van der Waals surface area contributed by atoms with Gasteiger partial charge in [0.05, 0.1) is 6.26 Å². The van der Waals surface area contributed by atoms with Gasteiger partial charge in [-0.05, 0) is 30.5 Å². The molecule has 0 bridgehead atoms. The zero-order chi connectivity index (χ0) is 15.0. The smallest absolute Gasteiger partial charge is 0.211 e. The van der Waals surface area contributed by atoms with Gasteiger partial charge in [-0.3, -0.25) is 0 Å². The van der Waals surface area contributed by atoms with Crippen molar-refractivity contribution in [1.29, 1.82) is 0 Å². The van der Waals surface area contributed by atoms with Crippen LogP contribution in [0.4, 0.5) is 5.69 Å². The summed E-state index contributed by atoms with van der Waals surface area (Å²) < 4.78 is 24.4. The molecular formula is C15H23N3O2S. The fourth-order valence-electron chi connectivity index (χ4n) is 3.33. The Bertz CT molecular complexity index is 611. The van der Waals surface area contributed by atoms with E-state index in [4.69, 9.17) is 5.73 Å². The lowest BCUT2D eigenvalue weighted by atomic mass is 9.91. The molecule has 0 spiro atoms. The van der Waals surface area contributed by atoms with Gasteiger partial charge in [-0.15, -0.1) is 0 Å². The number of para-hydroxylation sites is 1. The van der Waals surface area contributed by atoms with E-state index in [-0.39, 0.29) is 0 Å². The Morgan fingerprint density at radius 3 is 2.57 bits per heavy atom. The Morgan fingerprint density at radius 2 is 1.90 bits per heavy atom. The van der Waals surface area contributed by atoms with Gasteiger partial charge in [0, 0.05) is 37.8 Å². The van der Waals surface area contributed by atoms with Crippen molar-refractivity contribution >= 4 is 15.7 Å². The normalized spacial score (nSPS) is 23.7. The predicted molar refractivity (Wildman–Crippen MR) is 84.8 cm³/mol. The van der Waals surface area contributed by atoms with Crippen molar-refractivity contribution in [3.63, 3.8) is 0 Å². The maximum absolute atomic E-state index is 11.4. The summed E-state index contributed by atoms with van der Waals surface area (Å²) in [6.07, 6.45) is 2.33. The second-order valence-corrected chi connectivity index (χ2v) is 8.27. The van der Waals surface area contributed by atoms with Crippen molar-refractivity contribution in [2.45, 2.75) is 6.42 Å². The topological polar surface area (TPSA) is 66.6 Å². The van der Waals surface area contributed by atoms with E-state index in [0.29, 0.717) is 31.5 Å². The molecule has 1 unspecified atom stereocenters. The summed E-state index contributed by atoms with van der Waals surface area (Å²) in [4.78, 5) is 2.39. The summed E-state index contributed by atoms with van der Waals surface area (Å²) in [5.74, 6) is 0.912. The number of hydrogen-bond acceptors (Lipinski definition) is 4. The number of hydrogen-bond donors (Lipinski definition) is 1. The first kappa shape index (κ1) is 14.8. The molecule has 5 nitrogen and oxygen atoms in total. The van der Waals surface area contributed by atoms with Crippen LogP contribution in [-0.2, 0) is 16.4 Å². The summed E-state index contributed by atoms with van der Waals surface area (Å²) in [6, 6.07) is 8.48. The molecule has 1 atom stereocenters. The highest BCUT2D eigenvalue weighted by Gasteiger charge is 2.35. The molecule has 21 heavy (non-hydrogen) atoms. The molecule has 2 aliphatic rings. The van der Waals surface area contributed by atoms with E-state index in [9.17, 15) is 8.42 Å². The average Bonchev–Trinajstić information content (AvgIpc) is 2.40. The first-order chi connectivity index (χ1) is 9.97. The number of nitrogens with zero attached hydrogens (tertiary/aromatic N) is 2. The Kier molecular flexibility index (Phi) is 3.94. The van der Waals surface area contributed by atoms with Crippen LogP contribution in [0.1, 0.15) is 5.56 Å². The fraction of sp³-hybridized carbons (Fsp3) is 0.600. The minimum Gasteiger partial charge on any atom is -0.371 e. The quantitative estimate of drug-likeness (QED) is 0.880. The molecule has 2 N–H and O–H groups in total. The van der Waals surface area contributed by atoms with Gasteiger partial charge in [-0.1, -0.05) is 18.2 Å². The van der Waals surface area contributed by atoms with Crippen LogP contribution in [0.2, 0.25) is 0 Å². The van der Waals surface area contributed by atoms with E-state index in [0.717, 1.165) is 19.5 Å². The molecule has 0 aromatic heterocycles. The van der Waals surface area contributed by atoms with Gasteiger partial charge in [0.25, 0.3) is 0 Å². The second kappa shape index (κ2) is 5.59. The van der Waals surface area contributed by atoms with Gasteiger partial charge in [0.1, 0.15) is 0 Å². The molecule has 1 aromatic rings. The Balaban J connectivity index is 1.69. The maximum Gasteiger partial charge on any atom is 0.211 e. The Labute approximate surface area is 126 Å². The van der Waals surface area contributed by atoms with E-state index in [1.54, 1.807) is 4.31 Å². The van der Waals surface area contributed by atoms with Crippen molar-refractivity contribution < 1.29 is 8.42 Å². The molecule has 0 saturated carbocycles. The third kappa shape index (κ3) is 3.07. The van der Waals surface area contributed by atoms with Crippen molar-refractivity contribution in [2.24, 2.45) is 17.6 Å². The lowest BCUT2D eigenvalue weighted by Gasteiger charge is -2.43. The minimum absolute atomic E-state index is 0.421. The number of benzene rings is 1. The number of fused-ring (bicyclic) bond motifs is 1. The zero-order valence-corrected chi connectivity index (χ0v) is 13.2. The molecular weight excluding hydrogens is 286 g/mol. The summed E-state index contributed by atoms with van der Waals surface area (Å²) in [7, 11) is -3.02. The van der Waals surface area contributed by atoms with Gasteiger partial charge in [-0.2, -0.15) is 0 Å². The lowest BCUT2D eigenvalue weighted by molar-refractivity contribution is 0.203. The second-order valence-electron chi connectivity index (χ2n) is 6.29. The van der Waals surface area contributed by atoms with Crippen molar-refractivity contribution in [3.05, 3.63) is 29.8 Å². The summed E-state index contributed by atoms with van der Waals surface area (Å²) in [6.45, 7) is 3.88. The van der Waals surface area contributed by atoms with Crippen molar-refractivity contribution in [2.75, 3.05) is 43.9 Å². The Hall–Kier alpha value is -1.11. The summed E-state index contributed by atoms with van der Waals surface area (Å²) in [5.41, 5.74) is 8.52. The zero-order valence-electron chi connectivity index (χ0n) is 12.4. The van der Waals surface area contributed by atoms with E-state index < -0.39 is 10.0 Å². The van der Waals surface area contributed by atoms with Crippen LogP contribution in [0, 0.1) is 11.8 Å². The first-order valence-electron chi connectivity index (χ1n) is 7.45. The van der Waals surface area contributed by atoms with Gasteiger partial charge in [0.15, 0.2) is 0 Å². The predicted octanol–water partition coefficient (Wildman–Crippen LogP) is 0.515. The third-order valence-electron chi connectivity index (χ3n) is 4.52. The molecule has 0 aliphatic carbocycles. The van der Waals surface area contributed by atoms with Gasteiger partial charge >= 0.3 is 0 Å². The molecule has 0 radical (unpaired) electrons. The van der Waals surface area contributed by atoms with Crippen LogP contribution in [0.5, 0.6) is 0 Å². The number of rotatable bonds is 4. The van der Waals surface area contributed by atoms with Crippen molar-refractivity contribution in [1.82, 2.24) is 4.31 Å². The molecule has 2 aliphatic heterocycles. The molecule has 1 saturated heterocycles. The average molecular weight is 309 g/mol. The van der Waals surface area contributed by atoms with Crippen LogP contribution < -0.4 is 10.6 Å². The molecule has 1 aromatic carbocycles. The first-order valence-corrected chi connectivity index (χ1v) is 9.30. The number of anilines is 1. The monoisotopic (exact) mass is 309 g/mol. The highest BCUT2D eigenvalue weighted by molar-refractivity contribution is 7.88. The van der Waals surface area contributed by atoms with E-state index in [1.807, 2.05) is 0 Å². The third-order valence-corrected chi connectivity index (χ3v) is 5.76. The van der Waals surface area contributed by atoms with Crippen LogP contribution in [0.15, 0.2) is 24.3 Å². The Morgan fingerprint density at radius 1 is 1.19 bits per heavy atom. The van der Waals surface area contributed by atoms with Crippen LogP contribution in [0.3, 0.4) is 0 Å². The lowest BCUT2D eigenvalue weighted by Crippen LogP contribution is -2.54. The molecule has 116 valence electrons. The van der Waals surface area contributed by atoms with E-state index in [1.165, 1.54) is 17.5 Å². The van der Waals surface area contributed by atoms with Crippen LogP contribution in [-0.4, -0.2) is 51.7 Å². The molecule has 1 fully saturated rings. The molecule has 3 rings (SSSR count). The minimum atomic E-state index is -3.02. The molecule has 6 heteroatoms.